The van der Waals surface area contributed by atoms with Crippen molar-refractivity contribution in [3.8, 4) is 0 Å². The van der Waals surface area contributed by atoms with Gasteiger partial charge in [0.2, 0.25) is 0 Å². The van der Waals surface area contributed by atoms with Crippen LogP contribution in [-0.2, 0) is 13.6 Å². The first-order valence-electron chi connectivity index (χ1n) is 9.40. The van der Waals surface area contributed by atoms with E-state index in [0.717, 1.165) is 11.7 Å². The number of aromatic nitrogens is 2. The highest BCUT2D eigenvalue weighted by Crippen LogP contribution is 2.22. The van der Waals surface area contributed by atoms with Gasteiger partial charge in [-0.15, -0.1) is 0 Å². The number of guanidine groups is 1. The van der Waals surface area contributed by atoms with Crippen LogP contribution in [0.25, 0.3) is 0 Å². The highest BCUT2D eigenvalue weighted by Gasteiger charge is 2.15. The second-order valence-corrected chi connectivity index (χ2v) is 7.90. The largest absolute Gasteiger partial charge is 0.354 e. The van der Waals surface area contributed by atoms with Gasteiger partial charge < -0.3 is 15.5 Å². The summed E-state index contributed by atoms with van der Waals surface area (Å²) in [6.45, 7) is 5.94. The first kappa shape index (κ1) is 23.0. The molecule has 7 nitrogen and oxygen atoms in total. The number of benzene rings is 1. The quantitative estimate of drug-likeness (QED) is 0.395. The normalized spacial score (nSPS) is 11.7. The van der Waals surface area contributed by atoms with Gasteiger partial charge in [0.25, 0.3) is 5.91 Å². The number of carbonyl (C=O) groups is 1. The topological polar surface area (TPSA) is 74.6 Å². The van der Waals surface area contributed by atoms with Gasteiger partial charge in [-0.25, -0.2) is 0 Å². The van der Waals surface area contributed by atoms with Crippen LogP contribution in [0.2, 0.25) is 10.0 Å². The third-order valence-electron chi connectivity index (χ3n) is 4.34. The number of halogens is 2. The lowest BCUT2D eigenvalue weighted by Crippen LogP contribution is -2.42. The summed E-state index contributed by atoms with van der Waals surface area (Å²) in [6, 6.07) is 4.81. The predicted octanol–water partition coefficient (Wildman–Crippen LogP) is 3.29. The van der Waals surface area contributed by atoms with Crippen molar-refractivity contribution in [2.75, 3.05) is 27.2 Å². The van der Waals surface area contributed by atoms with Crippen LogP contribution in [0, 0.1) is 0 Å². The van der Waals surface area contributed by atoms with Gasteiger partial charge in [0.05, 0.1) is 15.7 Å². The van der Waals surface area contributed by atoms with E-state index in [-0.39, 0.29) is 5.91 Å². The minimum atomic E-state index is -0.203. The molecule has 0 saturated heterocycles. The fraction of sp³-hybridized carbons (Fsp3) is 0.450. The van der Waals surface area contributed by atoms with E-state index < -0.39 is 0 Å². The molecule has 0 aliphatic rings. The summed E-state index contributed by atoms with van der Waals surface area (Å²) in [7, 11) is 5.64. The van der Waals surface area contributed by atoms with Crippen molar-refractivity contribution in [1.82, 2.24) is 25.3 Å². The van der Waals surface area contributed by atoms with E-state index in [1.807, 2.05) is 29.9 Å². The Kier molecular flexibility index (Phi) is 8.34. The van der Waals surface area contributed by atoms with E-state index in [2.05, 4.69) is 34.6 Å². The van der Waals surface area contributed by atoms with Crippen LogP contribution < -0.4 is 10.6 Å². The number of amides is 1. The number of hydrogen-bond donors (Lipinski definition) is 2. The van der Waals surface area contributed by atoms with Crippen LogP contribution in [0.1, 0.15) is 41.4 Å². The maximum Gasteiger partial charge on any atom is 0.251 e. The van der Waals surface area contributed by atoms with Crippen LogP contribution in [0.4, 0.5) is 0 Å². The standard InChI is InChI=1S/C20H28Cl2N6O/c1-13(2)18-15(12-28(5)26-18)11-27(4)20(23-3)25-9-8-24-19(29)14-6-7-16(21)17(22)10-14/h6-7,10,12-13H,8-9,11H2,1-5H3,(H,23,25)(H,24,29). The fourth-order valence-corrected chi connectivity index (χ4v) is 3.27. The zero-order chi connectivity index (χ0) is 21.6. The third-order valence-corrected chi connectivity index (χ3v) is 5.08. The summed E-state index contributed by atoms with van der Waals surface area (Å²) in [6.07, 6.45) is 2.04. The molecule has 29 heavy (non-hydrogen) atoms. The highest BCUT2D eigenvalue weighted by molar-refractivity contribution is 6.42. The maximum atomic E-state index is 12.2. The summed E-state index contributed by atoms with van der Waals surface area (Å²) in [5, 5.41) is 11.4. The van der Waals surface area contributed by atoms with Gasteiger partial charge in [-0.3, -0.25) is 14.5 Å². The SMILES string of the molecule is CN=C(NCCNC(=O)c1ccc(Cl)c(Cl)c1)N(C)Cc1cn(C)nc1C(C)C. The summed E-state index contributed by atoms with van der Waals surface area (Å²) in [4.78, 5) is 18.6. The molecule has 0 unspecified atom stereocenters. The molecule has 0 bridgehead atoms. The Labute approximate surface area is 182 Å². The second kappa shape index (κ2) is 10.5. The van der Waals surface area contributed by atoms with Gasteiger partial charge in [-0.05, 0) is 24.1 Å². The van der Waals surface area contributed by atoms with Crippen molar-refractivity contribution in [3.05, 3.63) is 51.3 Å². The summed E-state index contributed by atoms with van der Waals surface area (Å²) in [5.41, 5.74) is 2.73. The Balaban J connectivity index is 1.85. The molecule has 0 radical (unpaired) electrons. The van der Waals surface area contributed by atoms with Crippen molar-refractivity contribution in [3.63, 3.8) is 0 Å². The van der Waals surface area contributed by atoms with Crippen molar-refractivity contribution in [2.24, 2.45) is 12.0 Å². The predicted molar refractivity (Wildman–Crippen MR) is 119 cm³/mol. The Morgan fingerprint density at radius 3 is 2.55 bits per heavy atom. The summed E-state index contributed by atoms with van der Waals surface area (Å²) < 4.78 is 1.84. The van der Waals surface area contributed by atoms with E-state index >= 15 is 0 Å². The smallest absolute Gasteiger partial charge is 0.251 e. The molecule has 0 spiro atoms. The Morgan fingerprint density at radius 1 is 1.24 bits per heavy atom. The molecule has 0 aliphatic carbocycles. The molecular weight excluding hydrogens is 411 g/mol. The minimum Gasteiger partial charge on any atom is -0.354 e. The number of nitrogens with zero attached hydrogens (tertiary/aromatic N) is 4. The van der Waals surface area contributed by atoms with Gasteiger partial charge in [0, 0.05) is 58.1 Å². The molecule has 0 aliphatic heterocycles. The van der Waals surface area contributed by atoms with Gasteiger partial charge in [0.1, 0.15) is 0 Å². The summed E-state index contributed by atoms with van der Waals surface area (Å²) >= 11 is 11.8. The van der Waals surface area contributed by atoms with E-state index in [1.54, 1.807) is 25.2 Å². The van der Waals surface area contributed by atoms with Gasteiger partial charge in [-0.2, -0.15) is 5.10 Å². The molecule has 0 atom stereocenters. The molecule has 2 N–H and O–H groups in total. The van der Waals surface area contributed by atoms with E-state index in [4.69, 9.17) is 23.2 Å². The number of rotatable bonds is 7. The first-order chi connectivity index (χ1) is 13.7. The monoisotopic (exact) mass is 438 g/mol. The second-order valence-electron chi connectivity index (χ2n) is 7.08. The summed E-state index contributed by atoms with van der Waals surface area (Å²) in [5.74, 6) is 0.893. The van der Waals surface area contributed by atoms with Crippen molar-refractivity contribution < 1.29 is 4.79 Å². The maximum absolute atomic E-state index is 12.2. The van der Waals surface area contributed by atoms with E-state index in [0.29, 0.717) is 41.2 Å². The fourth-order valence-electron chi connectivity index (χ4n) is 2.97. The lowest BCUT2D eigenvalue weighted by molar-refractivity contribution is 0.0954. The zero-order valence-corrected chi connectivity index (χ0v) is 19.0. The van der Waals surface area contributed by atoms with Gasteiger partial charge >= 0.3 is 0 Å². The lowest BCUT2D eigenvalue weighted by atomic mass is 10.1. The van der Waals surface area contributed by atoms with E-state index in [1.165, 1.54) is 5.56 Å². The minimum absolute atomic E-state index is 0.203. The molecular formula is C20H28Cl2N6O. The Morgan fingerprint density at radius 2 is 1.93 bits per heavy atom. The highest BCUT2D eigenvalue weighted by atomic mass is 35.5. The van der Waals surface area contributed by atoms with Crippen LogP contribution in [0.3, 0.4) is 0 Å². The number of aliphatic imine (C=N–C) groups is 1. The van der Waals surface area contributed by atoms with Crippen LogP contribution in [0.5, 0.6) is 0 Å². The molecule has 9 heteroatoms. The van der Waals surface area contributed by atoms with Crippen molar-refractivity contribution in [2.45, 2.75) is 26.3 Å². The number of carbonyl (C=O) groups excluding carboxylic acids is 1. The molecule has 0 saturated carbocycles. The number of hydrogen-bond acceptors (Lipinski definition) is 3. The molecule has 1 aromatic carbocycles. The third kappa shape index (κ3) is 6.37. The molecule has 158 valence electrons. The Hall–Kier alpha value is -2.25. The van der Waals surface area contributed by atoms with Gasteiger partial charge in [0.15, 0.2) is 5.96 Å². The number of nitrogens with one attached hydrogen (secondary N) is 2. The van der Waals surface area contributed by atoms with E-state index in [9.17, 15) is 4.79 Å². The Bertz CT molecular complexity index is 878. The molecule has 1 heterocycles. The molecule has 2 aromatic rings. The average molecular weight is 439 g/mol. The van der Waals surface area contributed by atoms with Crippen molar-refractivity contribution >= 4 is 35.1 Å². The first-order valence-corrected chi connectivity index (χ1v) is 10.2. The van der Waals surface area contributed by atoms with Crippen molar-refractivity contribution in [1.29, 1.82) is 0 Å². The average Bonchev–Trinajstić information content (AvgIpc) is 3.04. The van der Waals surface area contributed by atoms with Crippen LogP contribution >= 0.6 is 23.2 Å². The van der Waals surface area contributed by atoms with Crippen LogP contribution in [0.15, 0.2) is 29.4 Å². The molecule has 2 rings (SSSR count). The van der Waals surface area contributed by atoms with Crippen LogP contribution in [-0.4, -0.2) is 53.7 Å². The van der Waals surface area contributed by atoms with Gasteiger partial charge in [-0.1, -0.05) is 37.0 Å². The molecule has 1 aromatic heterocycles. The zero-order valence-electron chi connectivity index (χ0n) is 17.5. The molecule has 0 fully saturated rings. The lowest BCUT2D eigenvalue weighted by Gasteiger charge is -2.22. The number of aryl methyl sites for hydroxylation is 1. The molecule has 1 amide bonds.